The molecule has 0 saturated heterocycles. The molecule has 6 nitrogen and oxygen atoms in total. The van der Waals surface area contributed by atoms with Crippen molar-refractivity contribution in [1.29, 1.82) is 0 Å². The minimum atomic E-state index is -0.731. The Morgan fingerprint density at radius 2 is 2.38 bits per heavy atom. The van der Waals surface area contributed by atoms with Gasteiger partial charge in [0.05, 0.1) is 12.1 Å². The fraction of sp³-hybridized carbons (Fsp3) is 0.500. The van der Waals surface area contributed by atoms with Crippen LogP contribution in [0.3, 0.4) is 0 Å². The lowest BCUT2D eigenvalue weighted by Crippen LogP contribution is -2.14. The maximum atomic E-state index is 13.2. The summed E-state index contributed by atoms with van der Waals surface area (Å²) in [5.74, 6) is 0.902. The van der Waals surface area contributed by atoms with Crippen LogP contribution < -0.4 is 5.32 Å². The lowest BCUT2D eigenvalue weighted by molar-refractivity contribution is -0.115. The van der Waals surface area contributed by atoms with E-state index >= 15 is 0 Å². The van der Waals surface area contributed by atoms with Gasteiger partial charge in [0.1, 0.15) is 11.9 Å². The molecule has 1 aliphatic rings. The number of amides is 1. The van der Waals surface area contributed by atoms with Crippen molar-refractivity contribution in [2.75, 3.05) is 5.32 Å². The molecule has 1 saturated carbocycles. The molecule has 1 unspecified atom stereocenters. The normalized spacial score (nSPS) is 21.6. The molecule has 2 atom stereocenters. The molecule has 0 bridgehead atoms. The molecule has 3 rings (SSSR count). The third kappa shape index (κ3) is 3.29. The number of halogens is 1. The van der Waals surface area contributed by atoms with E-state index in [1.54, 1.807) is 19.1 Å². The van der Waals surface area contributed by atoms with E-state index in [0.29, 0.717) is 24.4 Å². The lowest BCUT2D eigenvalue weighted by atomic mass is 10.0. The average Bonchev–Trinajstić information content (AvgIpc) is 3.12. The zero-order valence-electron chi connectivity index (χ0n) is 11.7. The molecule has 112 valence electrons. The summed E-state index contributed by atoms with van der Waals surface area (Å²) in [6.07, 6.45) is 1.31. The molecule has 1 amide bonds. The highest BCUT2D eigenvalue weighted by Gasteiger charge is 2.27. The third-order valence-electron chi connectivity index (χ3n) is 3.69. The van der Waals surface area contributed by atoms with Crippen molar-refractivity contribution < 1.29 is 13.7 Å². The van der Waals surface area contributed by atoms with Crippen LogP contribution in [0.25, 0.3) is 0 Å². The van der Waals surface area contributed by atoms with Crippen LogP contribution >= 0.6 is 0 Å². The number of aromatic nitrogens is 3. The summed E-state index contributed by atoms with van der Waals surface area (Å²) in [5.41, 5.74) is 1.61. The summed E-state index contributed by atoms with van der Waals surface area (Å²) in [6.45, 7) is 1.80. The Hall–Kier alpha value is -2.18. The van der Waals surface area contributed by atoms with Gasteiger partial charge in [-0.3, -0.25) is 9.89 Å². The first-order valence-electron chi connectivity index (χ1n) is 7.01. The number of carbonyl (C=O) groups is 1. The van der Waals surface area contributed by atoms with E-state index in [1.165, 1.54) is 0 Å². The Morgan fingerprint density at radius 1 is 1.52 bits per heavy atom. The van der Waals surface area contributed by atoms with Crippen molar-refractivity contribution in [1.82, 2.24) is 15.4 Å². The third-order valence-corrected chi connectivity index (χ3v) is 3.69. The van der Waals surface area contributed by atoms with Gasteiger partial charge in [0.2, 0.25) is 5.91 Å². The summed E-state index contributed by atoms with van der Waals surface area (Å²) in [6, 6.07) is 3.49. The second-order valence-electron chi connectivity index (χ2n) is 5.48. The van der Waals surface area contributed by atoms with Gasteiger partial charge in [0.25, 0.3) is 0 Å². The molecule has 0 aliphatic heterocycles. The molecule has 21 heavy (non-hydrogen) atoms. The Kier molecular flexibility index (Phi) is 3.72. The van der Waals surface area contributed by atoms with Crippen LogP contribution in [-0.2, 0) is 11.2 Å². The monoisotopic (exact) mass is 292 g/mol. The standard InChI is InChI=1S/C14H17FN4O2/c1-8-4-11(21-19-8)6-14(20)16-13-7-12(17-18-13)9-2-3-10(15)5-9/h4,7,9-10H,2-3,5-6H2,1H3,(H2,16,17,18,20)/t9-,10?/m1/s1. The number of anilines is 1. The zero-order valence-corrected chi connectivity index (χ0v) is 11.7. The van der Waals surface area contributed by atoms with Gasteiger partial charge in [-0.15, -0.1) is 0 Å². The molecular formula is C14H17FN4O2. The van der Waals surface area contributed by atoms with Crippen LogP contribution in [0.15, 0.2) is 16.7 Å². The van der Waals surface area contributed by atoms with Crippen LogP contribution in [0.4, 0.5) is 10.2 Å². The van der Waals surface area contributed by atoms with E-state index in [4.69, 9.17) is 4.52 Å². The molecule has 0 aromatic carbocycles. The minimum Gasteiger partial charge on any atom is -0.361 e. The van der Waals surface area contributed by atoms with E-state index in [2.05, 4.69) is 20.7 Å². The van der Waals surface area contributed by atoms with Crippen LogP contribution in [-0.4, -0.2) is 27.4 Å². The Balaban J connectivity index is 1.58. The van der Waals surface area contributed by atoms with Crippen LogP contribution in [0.1, 0.15) is 42.3 Å². The number of carbonyl (C=O) groups excluding carboxylic acids is 1. The highest BCUT2D eigenvalue weighted by molar-refractivity contribution is 5.91. The lowest BCUT2D eigenvalue weighted by Gasteiger charge is -2.03. The van der Waals surface area contributed by atoms with Crippen molar-refractivity contribution in [2.24, 2.45) is 0 Å². The number of rotatable bonds is 4. The Bertz CT molecular complexity index is 636. The fourth-order valence-electron chi connectivity index (χ4n) is 2.66. The molecule has 0 radical (unpaired) electrons. The number of hydrogen-bond donors (Lipinski definition) is 2. The van der Waals surface area contributed by atoms with Crippen LogP contribution in [0.2, 0.25) is 0 Å². The molecule has 1 fully saturated rings. The highest BCUT2D eigenvalue weighted by atomic mass is 19.1. The number of nitrogens with zero attached hydrogens (tertiary/aromatic N) is 2. The number of H-pyrrole nitrogens is 1. The zero-order chi connectivity index (χ0) is 14.8. The first-order chi connectivity index (χ1) is 10.1. The molecule has 2 aromatic heterocycles. The van der Waals surface area contributed by atoms with Gasteiger partial charge in [-0.1, -0.05) is 5.16 Å². The number of hydrogen-bond acceptors (Lipinski definition) is 4. The average molecular weight is 292 g/mol. The van der Waals surface area contributed by atoms with Gasteiger partial charge < -0.3 is 9.84 Å². The molecule has 2 N–H and O–H groups in total. The number of aromatic amines is 1. The first-order valence-corrected chi connectivity index (χ1v) is 7.01. The molecule has 2 heterocycles. The van der Waals surface area contributed by atoms with Gasteiger partial charge in [-0.05, 0) is 26.2 Å². The first kappa shape index (κ1) is 13.8. The molecule has 1 aliphatic carbocycles. The molecule has 0 spiro atoms. The molecule has 2 aromatic rings. The van der Waals surface area contributed by atoms with Gasteiger partial charge in [0.15, 0.2) is 5.82 Å². The van der Waals surface area contributed by atoms with Crippen molar-refractivity contribution in [3.8, 4) is 0 Å². The predicted octanol–water partition coefficient (Wildman–Crippen LogP) is 2.49. The number of aryl methyl sites for hydroxylation is 1. The van der Waals surface area contributed by atoms with E-state index in [9.17, 15) is 9.18 Å². The van der Waals surface area contributed by atoms with Crippen molar-refractivity contribution in [2.45, 2.75) is 44.7 Å². The van der Waals surface area contributed by atoms with Crippen LogP contribution in [0, 0.1) is 6.92 Å². The number of alkyl halides is 1. The Morgan fingerprint density at radius 3 is 3.05 bits per heavy atom. The predicted molar refractivity (Wildman–Crippen MR) is 73.6 cm³/mol. The number of nitrogens with one attached hydrogen (secondary N) is 2. The molecular weight excluding hydrogens is 275 g/mol. The molecule has 7 heteroatoms. The van der Waals surface area contributed by atoms with Gasteiger partial charge >= 0.3 is 0 Å². The van der Waals surface area contributed by atoms with Crippen molar-refractivity contribution in [3.63, 3.8) is 0 Å². The fourth-order valence-corrected chi connectivity index (χ4v) is 2.66. The largest absolute Gasteiger partial charge is 0.361 e. The van der Waals surface area contributed by atoms with E-state index in [0.717, 1.165) is 17.8 Å². The van der Waals surface area contributed by atoms with E-state index in [-0.39, 0.29) is 18.2 Å². The van der Waals surface area contributed by atoms with Crippen molar-refractivity contribution in [3.05, 3.63) is 29.3 Å². The van der Waals surface area contributed by atoms with Gasteiger partial charge in [0, 0.05) is 23.7 Å². The summed E-state index contributed by atoms with van der Waals surface area (Å²) >= 11 is 0. The van der Waals surface area contributed by atoms with Gasteiger partial charge in [-0.2, -0.15) is 5.10 Å². The SMILES string of the molecule is Cc1cc(CC(=O)Nc2cc([C@@H]3CCC(F)C3)[nH]n2)on1. The maximum absolute atomic E-state index is 13.2. The van der Waals surface area contributed by atoms with Gasteiger partial charge in [-0.25, -0.2) is 4.39 Å². The summed E-state index contributed by atoms with van der Waals surface area (Å²) in [4.78, 5) is 11.9. The highest BCUT2D eigenvalue weighted by Crippen LogP contribution is 2.35. The maximum Gasteiger partial charge on any atom is 0.233 e. The quantitative estimate of drug-likeness (QED) is 0.906. The summed E-state index contributed by atoms with van der Waals surface area (Å²) in [5, 5.41) is 13.3. The van der Waals surface area contributed by atoms with Crippen LogP contribution in [0.5, 0.6) is 0 Å². The Labute approximate surface area is 121 Å². The minimum absolute atomic E-state index is 0.110. The smallest absolute Gasteiger partial charge is 0.233 e. The second kappa shape index (κ2) is 5.67. The topological polar surface area (TPSA) is 83.8 Å². The van der Waals surface area contributed by atoms with E-state index in [1.807, 2.05) is 0 Å². The second-order valence-corrected chi connectivity index (χ2v) is 5.48. The van der Waals surface area contributed by atoms with E-state index < -0.39 is 6.17 Å². The summed E-state index contributed by atoms with van der Waals surface area (Å²) in [7, 11) is 0. The van der Waals surface area contributed by atoms with Crippen molar-refractivity contribution >= 4 is 11.7 Å². The summed E-state index contributed by atoms with van der Waals surface area (Å²) < 4.78 is 18.2.